The number of carbonyl (C=O) groups excluding carboxylic acids is 1. The summed E-state index contributed by atoms with van der Waals surface area (Å²) in [6, 6.07) is 0. The van der Waals surface area contributed by atoms with Gasteiger partial charge in [-0.15, -0.1) is 0 Å². The summed E-state index contributed by atoms with van der Waals surface area (Å²) >= 11 is 0. The average molecular weight is 203 g/mol. The number of amides is 1. The third-order valence-electron chi connectivity index (χ3n) is 1.68. The minimum Gasteiger partial charge on any atom is -0.382 e. The molecule has 0 aromatic carbocycles. The van der Waals surface area contributed by atoms with Gasteiger partial charge in [-0.3, -0.25) is 9.63 Å². The molecule has 14 heavy (non-hydrogen) atoms. The molecule has 1 amide bonds. The third kappa shape index (κ3) is 9.48. The zero-order chi connectivity index (χ0) is 11.0. The molecule has 0 aliphatic carbocycles. The quantitative estimate of drug-likeness (QED) is 0.526. The standard InChI is InChI=1S/C10H21NO3/c1-10(2,3)6-5-9(12)11-14-8-7-13-4/h5-8H2,1-4H3,(H,11,12). The Morgan fingerprint density at radius 2 is 1.93 bits per heavy atom. The van der Waals surface area contributed by atoms with Gasteiger partial charge < -0.3 is 4.74 Å². The van der Waals surface area contributed by atoms with E-state index in [0.29, 0.717) is 19.6 Å². The van der Waals surface area contributed by atoms with Crippen LogP contribution in [0.2, 0.25) is 0 Å². The fourth-order valence-corrected chi connectivity index (χ4v) is 0.796. The van der Waals surface area contributed by atoms with Crippen molar-refractivity contribution >= 4 is 5.91 Å². The van der Waals surface area contributed by atoms with Crippen molar-refractivity contribution in [2.24, 2.45) is 5.41 Å². The van der Waals surface area contributed by atoms with Gasteiger partial charge in [-0.25, -0.2) is 5.48 Å². The van der Waals surface area contributed by atoms with Crippen molar-refractivity contribution in [3.63, 3.8) is 0 Å². The fraction of sp³-hybridized carbons (Fsp3) is 0.900. The summed E-state index contributed by atoms with van der Waals surface area (Å²) in [7, 11) is 1.59. The number of rotatable bonds is 6. The Hall–Kier alpha value is -0.610. The van der Waals surface area contributed by atoms with Crippen LogP contribution in [0.1, 0.15) is 33.6 Å². The average Bonchev–Trinajstić information content (AvgIpc) is 2.08. The highest BCUT2D eigenvalue weighted by molar-refractivity contribution is 5.74. The van der Waals surface area contributed by atoms with Gasteiger partial charge in [0.15, 0.2) is 0 Å². The van der Waals surface area contributed by atoms with E-state index in [1.54, 1.807) is 7.11 Å². The largest absolute Gasteiger partial charge is 0.382 e. The molecule has 4 nitrogen and oxygen atoms in total. The number of hydrogen-bond donors (Lipinski definition) is 1. The molecular weight excluding hydrogens is 182 g/mol. The molecule has 0 atom stereocenters. The zero-order valence-corrected chi connectivity index (χ0v) is 9.55. The summed E-state index contributed by atoms with van der Waals surface area (Å²) in [6.45, 7) is 7.18. The van der Waals surface area contributed by atoms with Crippen LogP contribution >= 0.6 is 0 Å². The van der Waals surface area contributed by atoms with Crippen LogP contribution in [0, 0.1) is 5.41 Å². The van der Waals surface area contributed by atoms with Crippen LogP contribution in [0.5, 0.6) is 0 Å². The lowest BCUT2D eigenvalue weighted by atomic mass is 9.90. The number of methoxy groups -OCH3 is 1. The normalized spacial score (nSPS) is 11.4. The number of hydrogen-bond acceptors (Lipinski definition) is 3. The maximum atomic E-state index is 11.2. The molecule has 0 bridgehead atoms. The van der Waals surface area contributed by atoms with Gasteiger partial charge in [-0.2, -0.15) is 0 Å². The fourth-order valence-electron chi connectivity index (χ4n) is 0.796. The topological polar surface area (TPSA) is 47.6 Å². The molecule has 0 heterocycles. The molecule has 4 heteroatoms. The van der Waals surface area contributed by atoms with Crippen molar-refractivity contribution in [3.8, 4) is 0 Å². The third-order valence-corrected chi connectivity index (χ3v) is 1.68. The summed E-state index contributed by atoms with van der Waals surface area (Å²) < 4.78 is 4.76. The van der Waals surface area contributed by atoms with Crippen molar-refractivity contribution in [3.05, 3.63) is 0 Å². The van der Waals surface area contributed by atoms with Gasteiger partial charge in [0.2, 0.25) is 5.91 Å². The van der Waals surface area contributed by atoms with E-state index < -0.39 is 0 Å². The molecule has 0 aromatic heterocycles. The molecule has 84 valence electrons. The second kappa shape index (κ2) is 6.79. The van der Waals surface area contributed by atoms with Crippen molar-refractivity contribution in [1.82, 2.24) is 5.48 Å². The Bertz CT molecular complexity index is 163. The van der Waals surface area contributed by atoms with Gasteiger partial charge in [-0.05, 0) is 11.8 Å². The highest BCUT2D eigenvalue weighted by Crippen LogP contribution is 2.19. The van der Waals surface area contributed by atoms with Crippen LogP contribution in [0.3, 0.4) is 0 Å². The minimum absolute atomic E-state index is 0.0731. The second-order valence-electron chi connectivity index (χ2n) is 4.43. The van der Waals surface area contributed by atoms with Crippen LogP contribution in [-0.2, 0) is 14.4 Å². The maximum Gasteiger partial charge on any atom is 0.243 e. The van der Waals surface area contributed by atoms with Crippen LogP contribution in [-0.4, -0.2) is 26.2 Å². The lowest BCUT2D eigenvalue weighted by Crippen LogP contribution is -2.26. The molecule has 0 saturated heterocycles. The Morgan fingerprint density at radius 3 is 2.43 bits per heavy atom. The van der Waals surface area contributed by atoms with E-state index in [4.69, 9.17) is 9.57 Å². The molecule has 1 N–H and O–H groups in total. The molecule has 0 aliphatic rings. The smallest absolute Gasteiger partial charge is 0.243 e. The molecule has 0 radical (unpaired) electrons. The summed E-state index contributed by atoms with van der Waals surface area (Å²) in [4.78, 5) is 16.1. The highest BCUT2D eigenvalue weighted by Gasteiger charge is 2.12. The van der Waals surface area contributed by atoms with E-state index in [1.807, 2.05) is 0 Å². The van der Waals surface area contributed by atoms with Gasteiger partial charge in [0.1, 0.15) is 0 Å². The molecular formula is C10H21NO3. The molecule has 0 unspecified atom stereocenters. The monoisotopic (exact) mass is 203 g/mol. The van der Waals surface area contributed by atoms with Gasteiger partial charge in [-0.1, -0.05) is 20.8 Å². The molecule has 0 spiro atoms. The minimum atomic E-state index is -0.0731. The van der Waals surface area contributed by atoms with Crippen molar-refractivity contribution in [2.45, 2.75) is 33.6 Å². The van der Waals surface area contributed by atoms with E-state index in [2.05, 4.69) is 26.3 Å². The number of carbonyl (C=O) groups is 1. The Labute approximate surface area is 85.9 Å². The van der Waals surface area contributed by atoms with Gasteiger partial charge >= 0.3 is 0 Å². The predicted molar refractivity (Wildman–Crippen MR) is 54.7 cm³/mol. The first kappa shape index (κ1) is 13.4. The molecule has 0 saturated carbocycles. The number of nitrogens with one attached hydrogen (secondary N) is 1. The zero-order valence-electron chi connectivity index (χ0n) is 9.55. The van der Waals surface area contributed by atoms with Gasteiger partial charge in [0, 0.05) is 13.5 Å². The van der Waals surface area contributed by atoms with Crippen LogP contribution in [0.15, 0.2) is 0 Å². The Balaban J connectivity index is 3.38. The van der Waals surface area contributed by atoms with Crippen molar-refractivity contribution < 1.29 is 14.4 Å². The molecule has 0 aliphatic heterocycles. The van der Waals surface area contributed by atoms with E-state index in [-0.39, 0.29) is 11.3 Å². The van der Waals surface area contributed by atoms with Gasteiger partial charge in [0.05, 0.1) is 13.2 Å². The first-order chi connectivity index (χ1) is 6.45. The van der Waals surface area contributed by atoms with Crippen LogP contribution in [0.25, 0.3) is 0 Å². The SMILES string of the molecule is COCCONC(=O)CCC(C)(C)C. The Kier molecular flexibility index (Phi) is 6.49. The molecule has 0 rings (SSSR count). The lowest BCUT2D eigenvalue weighted by molar-refractivity contribution is -0.135. The second-order valence-corrected chi connectivity index (χ2v) is 4.43. The predicted octanol–water partition coefficient (Wildman–Crippen LogP) is 1.51. The highest BCUT2D eigenvalue weighted by atomic mass is 16.7. The first-order valence-electron chi connectivity index (χ1n) is 4.85. The van der Waals surface area contributed by atoms with Crippen molar-refractivity contribution in [2.75, 3.05) is 20.3 Å². The maximum absolute atomic E-state index is 11.2. The van der Waals surface area contributed by atoms with E-state index in [0.717, 1.165) is 6.42 Å². The molecule has 0 fully saturated rings. The summed E-state index contributed by atoms with van der Waals surface area (Å²) in [6.07, 6.45) is 1.35. The van der Waals surface area contributed by atoms with Gasteiger partial charge in [0.25, 0.3) is 0 Å². The number of ether oxygens (including phenoxy) is 1. The first-order valence-corrected chi connectivity index (χ1v) is 4.85. The van der Waals surface area contributed by atoms with E-state index >= 15 is 0 Å². The summed E-state index contributed by atoms with van der Waals surface area (Å²) in [5.41, 5.74) is 2.56. The van der Waals surface area contributed by atoms with Crippen LogP contribution < -0.4 is 5.48 Å². The van der Waals surface area contributed by atoms with Crippen molar-refractivity contribution in [1.29, 1.82) is 0 Å². The lowest BCUT2D eigenvalue weighted by Gasteiger charge is -2.17. The Morgan fingerprint density at radius 1 is 1.29 bits per heavy atom. The number of hydroxylamine groups is 1. The summed E-state index contributed by atoms with van der Waals surface area (Å²) in [5, 5.41) is 0. The van der Waals surface area contributed by atoms with Crippen LogP contribution in [0.4, 0.5) is 0 Å². The van der Waals surface area contributed by atoms with E-state index in [9.17, 15) is 4.79 Å². The summed E-state index contributed by atoms with van der Waals surface area (Å²) in [5.74, 6) is -0.0731. The molecule has 0 aromatic rings. The van der Waals surface area contributed by atoms with E-state index in [1.165, 1.54) is 0 Å².